The highest BCUT2D eigenvalue weighted by Gasteiger charge is 2.43. The Labute approximate surface area is 334 Å². The fourth-order valence-electron chi connectivity index (χ4n) is 7.08. The third-order valence-corrected chi connectivity index (χ3v) is 11.1. The number of nitrogens with one attached hydrogen (secondary N) is 2. The third kappa shape index (κ3) is 8.97. The number of aliphatic hydroxyl groups excluding tert-OH is 1. The minimum Gasteiger partial charge on any atom is -0.507 e. The first kappa shape index (κ1) is 39.1. The molecule has 2 amide bonds. The van der Waals surface area contributed by atoms with E-state index < -0.39 is 18.1 Å². The maximum Gasteiger partial charge on any atom is 0.254 e. The Bertz CT molecular complexity index is 2310. The number of benzene rings is 3. The molecule has 6 aromatic rings. The molecule has 1 aliphatic rings. The van der Waals surface area contributed by atoms with E-state index in [1.807, 2.05) is 93.9 Å². The molecule has 1 saturated heterocycles. The average Bonchev–Trinajstić information content (AvgIpc) is 3.97. The Morgan fingerprint density at radius 1 is 1.00 bits per heavy atom. The number of phenols is 1. The first-order chi connectivity index (χ1) is 27.5. The molecular formula is C43H45N7O6S. The Balaban J connectivity index is 0.924. The van der Waals surface area contributed by atoms with Crippen molar-refractivity contribution in [1.29, 1.82) is 0 Å². The second-order valence-corrected chi connectivity index (χ2v) is 15.4. The van der Waals surface area contributed by atoms with Crippen LogP contribution in [0.2, 0.25) is 0 Å². The van der Waals surface area contributed by atoms with Crippen LogP contribution in [0.25, 0.3) is 32.8 Å². The fourth-order valence-corrected chi connectivity index (χ4v) is 7.89. The number of ether oxygens (including phenoxy) is 1. The second-order valence-electron chi connectivity index (χ2n) is 14.5. The fraction of sp³-hybridized carbons (Fsp3) is 0.302. The molecule has 0 radical (unpaired) electrons. The molecule has 2 unspecified atom stereocenters. The number of likely N-dealkylation sites (tertiary alicyclic amines) is 1. The quantitative estimate of drug-likeness (QED) is 0.0836. The average molecular weight is 788 g/mol. The highest BCUT2D eigenvalue weighted by molar-refractivity contribution is 7.13. The summed E-state index contributed by atoms with van der Waals surface area (Å²) in [5.74, 6) is -0.855. The second kappa shape index (κ2) is 17.3. The summed E-state index contributed by atoms with van der Waals surface area (Å²) in [6.07, 6.45) is 0.990. The van der Waals surface area contributed by atoms with Crippen molar-refractivity contribution in [3.8, 4) is 44.5 Å². The normalized spacial score (nSPS) is 16.4. The molecule has 3 aromatic carbocycles. The number of carbonyl (C=O) groups excluding carboxylic acids is 2. The number of nitrogens with zero attached hydrogens (tertiary/aromatic N) is 5. The van der Waals surface area contributed by atoms with Crippen molar-refractivity contribution < 1.29 is 29.1 Å². The predicted octanol–water partition coefficient (Wildman–Crippen LogP) is 7.01. The maximum absolute atomic E-state index is 14.1. The summed E-state index contributed by atoms with van der Waals surface area (Å²) >= 11 is 1.59. The molecule has 0 aliphatic carbocycles. The Hall–Kier alpha value is -6.12. The van der Waals surface area contributed by atoms with Gasteiger partial charge in [-0.05, 0) is 71.9 Å². The van der Waals surface area contributed by atoms with E-state index in [1.54, 1.807) is 41.8 Å². The third-order valence-electron chi connectivity index (χ3n) is 10.1. The summed E-state index contributed by atoms with van der Waals surface area (Å²) < 4.78 is 11.5. The van der Waals surface area contributed by atoms with Gasteiger partial charge in [-0.3, -0.25) is 9.59 Å². The Kier molecular flexibility index (Phi) is 11.9. The number of amides is 2. The Morgan fingerprint density at radius 2 is 1.75 bits per heavy atom. The zero-order valence-electron chi connectivity index (χ0n) is 32.1. The van der Waals surface area contributed by atoms with Crippen LogP contribution in [0, 0.1) is 12.8 Å². The molecule has 0 spiro atoms. The van der Waals surface area contributed by atoms with E-state index in [-0.39, 0.29) is 55.0 Å². The van der Waals surface area contributed by atoms with Crippen LogP contribution in [0.3, 0.4) is 0 Å². The van der Waals surface area contributed by atoms with Gasteiger partial charge >= 0.3 is 0 Å². The molecule has 1 fully saturated rings. The number of thiazole rings is 1. The maximum atomic E-state index is 14.1. The lowest BCUT2D eigenvalue weighted by atomic mass is 9.91. The number of rotatable bonds is 14. The molecular weight excluding hydrogens is 743 g/mol. The van der Waals surface area contributed by atoms with Gasteiger partial charge in [0.25, 0.3) is 5.88 Å². The van der Waals surface area contributed by atoms with Gasteiger partial charge < -0.3 is 35.0 Å². The molecule has 7 rings (SSSR count). The van der Waals surface area contributed by atoms with Gasteiger partial charge in [-0.25, -0.2) is 4.98 Å². The van der Waals surface area contributed by atoms with E-state index in [2.05, 4.69) is 31.0 Å². The number of para-hydroxylation sites is 1. The van der Waals surface area contributed by atoms with Crippen LogP contribution in [-0.4, -0.2) is 79.1 Å². The molecule has 14 heteroatoms. The van der Waals surface area contributed by atoms with Crippen molar-refractivity contribution in [2.45, 2.75) is 58.2 Å². The van der Waals surface area contributed by atoms with Gasteiger partial charge in [0.05, 0.1) is 40.1 Å². The first-order valence-corrected chi connectivity index (χ1v) is 19.8. The molecule has 4 heterocycles. The van der Waals surface area contributed by atoms with Crippen LogP contribution in [0.1, 0.15) is 56.2 Å². The number of hydrogen-bond donors (Lipinski definition) is 4. The SMILES string of the molecule is Cc1ncsc1-c1ccc(C(C)NC(=O)[C@@H]2C[C@@H](O)CN2C(=O)C(c2cc(OCCNc3ccc(-c4cnnc(-c5ccccc5O)c4)cc3)no2)C(C)C)cc1. The highest BCUT2D eigenvalue weighted by Crippen LogP contribution is 2.34. The van der Waals surface area contributed by atoms with Gasteiger partial charge in [-0.15, -0.1) is 11.3 Å². The van der Waals surface area contributed by atoms with Gasteiger partial charge in [0.1, 0.15) is 24.3 Å². The summed E-state index contributed by atoms with van der Waals surface area (Å²) in [7, 11) is 0. The predicted molar refractivity (Wildman–Crippen MR) is 218 cm³/mol. The number of carbonyl (C=O) groups is 2. The summed E-state index contributed by atoms with van der Waals surface area (Å²) in [6.45, 7) is 8.47. The van der Waals surface area contributed by atoms with Crippen molar-refractivity contribution >= 4 is 28.8 Å². The topological polar surface area (TPSA) is 176 Å². The van der Waals surface area contributed by atoms with Gasteiger partial charge in [0.2, 0.25) is 11.8 Å². The number of aromatic nitrogens is 4. The Morgan fingerprint density at radius 3 is 2.47 bits per heavy atom. The van der Waals surface area contributed by atoms with E-state index in [0.717, 1.165) is 38.5 Å². The molecule has 57 heavy (non-hydrogen) atoms. The lowest BCUT2D eigenvalue weighted by molar-refractivity contribution is -0.141. The van der Waals surface area contributed by atoms with Crippen LogP contribution in [-0.2, 0) is 9.59 Å². The number of hydrogen-bond acceptors (Lipinski definition) is 12. The largest absolute Gasteiger partial charge is 0.507 e. The number of phenolic OH excluding ortho intramolecular Hbond substituents is 1. The molecule has 1 aliphatic heterocycles. The van der Waals surface area contributed by atoms with Crippen molar-refractivity contribution in [1.82, 2.24) is 30.6 Å². The summed E-state index contributed by atoms with van der Waals surface area (Å²) in [4.78, 5) is 34.6. The van der Waals surface area contributed by atoms with Crippen molar-refractivity contribution in [2.75, 3.05) is 25.0 Å². The molecule has 0 bridgehead atoms. The van der Waals surface area contributed by atoms with Gasteiger partial charge in [0.15, 0.2) is 5.76 Å². The molecule has 3 aromatic heterocycles. The van der Waals surface area contributed by atoms with Crippen molar-refractivity contribution in [3.05, 3.63) is 114 Å². The van der Waals surface area contributed by atoms with Crippen LogP contribution >= 0.6 is 11.3 Å². The number of anilines is 1. The van der Waals surface area contributed by atoms with Gasteiger partial charge in [-0.2, -0.15) is 10.2 Å². The number of aliphatic hydroxyl groups is 1. The van der Waals surface area contributed by atoms with Gasteiger partial charge in [-0.1, -0.05) is 62.4 Å². The van der Waals surface area contributed by atoms with Crippen LogP contribution in [0.4, 0.5) is 5.69 Å². The standard InChI is InChI=1S/C43H45N7O6S/c1-25(2)40(43(54)50-23-33(51)20-36(50)42(53)47-26(3)28-9-11-30(12-10-28)41-27(4)45-24-57-41)38-21-39(49-56-38)55-18-17-44-32-15-13-29(14-16-32)31-19-35(48-46-22-31)34-7-5-6-8-37(34)52/h5-16,19,21-22,24-26,33,36,40,44,51-52H,17-18,20,23H2,1-4H3,(H,47,53)/t26?,33-,36+,40?/m1/s1. The lowest BCUT2D eigenvalue weighted by Gasteiger charge is -2.29. The van der Waals surface area contributed by atoms with E-state index in [1.165, 1.54) is 4.90 Å². The van der Waals surface area contributed by atoms with E-state index in [9.17, 15) is 19.8 Å². The van der Waals surface area contributed by atoms with Crippen molar-refractivity contribution in [3.63, 3.8) is 0 Å². The minimum absolute atomic E-state index is 0.0419. The van der Waals surface area contributed by atoms with Crippen LogP contribution < -0.4 is 15.4 Å². The van der Waals surface area contributed by atoms with E-state index in [0.29, 0.717) is 23.6 Å². The van der Waals surface area contributed by atoms with Gasteiger partial charge in [0, 0.05) is 42.4 Å². The van der Waals surface area contributed by atoms with E-state index in [4.69, 9.17) is 9.26 Å². The molecule has 0 saturated carbocycles. The molecule has 4 atom stereocenters. The smallest absolute Gasteiger partial charge is 0.254 e. The molecule has 294 valence electrons. The monoisotopic (exact) mass is 787 g/mol. The van der Waals surface area contributed by atoms with E-state index >= 15 is 0 Å². The van der Waals surface area contributed by atoms with Crippen LogP contribution in [0.5, 0.6) is 11.6 Å². The number of β-amino-alcohol motifs (C(OH)–C–C–N with tert-alkyl or cyclic N) is 1. The number of aryl methyl sites for hydroxylation is 1. The molecule has 4 N–H and O–H groups in total. The highest BCUT2D eigenvalue weighted by atomic mass is 32.1. The summed E-state index contributed by atoms with van der Waals surface area (Å²) in [5, 5.41) is 39.6. The minimum atomic E-state index is -0.836. The first-order valence-electron chi connectivity index (χ1n) is 18.9. The summed E-state index contributed by atoms with van der Waals surface area (Å²) in [5.41, 5.74) is 8.68. The lowest BCUT2D eigenvalue weighted by Crippen LogP contribution is -2.48. The zero-order valence-corrected chi connectivity index (χ0v) is 32.9. The van der Waals surface area contributed by atoms with Crippen LogP contribution in [0.15, 0.2) is 101 Å². The molecule has 13 nitrogen and oxygen atoms in total. The number of aromatic hydroxyl groups is 1. The zero-order chi connectivity index (χ0) is 40.1. The van der Waals surface area contributed by atoms with Crippen molar-refractivity contribution in [2.24, 2.45) is 5.92 Å². The summed E-state index contributed by atoms with van der Waals surface area (Å²) in [6, 6.07) is 25.2.